The van der Waals surface area contributed by atoms with Crippen molar-refractivity contribution in [3.8, 4) is 5.88 Å². The third kappa shape index (κ3) is 3.01. The van der Waals surface area contributed by atoms with E-state index in [1.54, 1.807) is 6.20 Å². The van der Waals surface area contributed by atoms with Gasteiger partial charge >= 0.3 is 0 Å². The Labute approximate surface area is 103 Å². The van der Waals surface area contributed by atoms with E-state index in [9.17, 15) is 0 Å². The molecule has 0 bridgehead atoms. The lowest BCUT2D eigenvalue weighted by molar-refractivity contribution is 0.140. The summed E-state index contributed by atoms with van der Waals surface area (Å²) in [6.07, 6.45) is 7.71. The monoisotopic (exact) mass is 319 g/mol. The molecule has 1 heterocycles. The molecule has 0 radical (unpaired) electrons. The second-order valence-corrected chi connectivity index (χ2v) is 4.99. The second kappa shape index (κ2) is 5.07. The first kappa shape index (κ1) is 11.1. The van der Waals surface area contributed by atoms with Crippen molar-refractivity contribution < 1.29 is 4.74 Å². The molecule has 0 aromatic carbocycles. The molecule has 2 N–H and O–H groups in total. The predicted molar refractivity (Wildman–Crippen MR) is 65.6 cm³/mol. The number of rotatable bonds is 2. The Hall–Kier alpha value is -0.430. The van der Waals surface area contributed by atoms with E-state index in [4.69, 9.17) is 10.5 Å². The quantitative estimate of drug-likeness (QED) is 0.844. The maximum Gasteiger partial charge on any atom is 0.230 e. The Bertz CT molecular complexity index is 326. The highest BCUT2D eigenvalue weighted by atomic mass is 127. The van der Waals surface area contributed by atoms with Crippen molar-refractivity contribution in [3.05, 3.63) is 16.1 Å². The van der Waals surface area contributed by atoms with Gasteiger partial charge in [-0.15, -0.1) is 0 Å². The van der Waals surface area contributed by atoms with E-state index >= 15 is 0 Å². The minimum atomic E-state index is 0.271. The van der Waals surface area contributed by atoms with E-state index < -0.39 is 0 Å². The van der Waals surface area contributed by atoms with Crippen LogP contribution in [0.25, 0.3) is 0 Å². The van der Waals surface area contributed by atoms with Gasteiger partial charge in [0.15, 0.2) is 0 Å². The largest absolute Gasteiger partial charge is 0.474 e. The zero-order valence-electron chi connectivity index (χ0n) is 8.40. The molecule has 0 saturated heterocycles. The van der Waals surface area contributed by atoms with Gasteiger partial charge in [-0.2, -0.15) is 0 Å². The molecule has 0 amide bonds. The number of aromatic nitrogens is 2. The molecule has 82 valence electrons. The summed E-state index contributed by atoms with van der Waals surface area (Å²) < 4.78 is 6.78. The summed E-state index contributed by atoms with van der Waals surface area (Å²) >= 11 is 2.19. The number of nitrogens with two attached hydrogens (primary N) is 1. The fraction of sp³-hybridized carbons (Fsp3) is 0.600. The van der Waals surface area contributed by atoms with Crippen LogP contribution in [-0.2, 0) is 0 Å². The standard InChI is InChI=1S/C10H14IN3O/c11-9-5-13-6-14-10(9)15-8-3-1-7(12)2-4-8/h5-8H,1-4,12H2. The molecule has 0 atom stereocenters. The molecule has 1 aliphatic carbocycles. The van der Waals surface area contributed by atoms with Gasteiger partial charge in [0.2, 0.25) is 5.88 Å². The summed E-state index contributed by atoms with van der Waals surface area (Å²) in [6, 6.07) is 0.356. The highest BCUT2D eigenvalue weighted by molar-refractivity contribution is 14.1. The van der Waals surface area contributed by atoms with Crippen LogP contribution in [0.1, 0.15) is 25.7 Å². The maximum atomic E-state index is 5.84. The molecule has 5 heteroatoms. The van der Waals surface area contributed by atoms with E-state index in [0.29, 0.717) is 11.9 Å². The van der Waals surface area contributed by atoms with Gasteiger partial charge in [0.25, 0.3) is 0 Å². The van der Waals surface area contributed by atoms with E-state index in [2.05, 4.69) is 32.6 Å². The van der Waals surface area contributed by atoms with Crippen molar-refractivity contribution in [2.75, 3.05) is 0 Å². The molecule has 4 nitrogen and oxygen atoms in total. The van der Waals surface area contributed by atoms with Crippen LogP contribution in [-0.4, -0.2) is 22.1 Å². The number of ether oxygens (including phenoxy) is 1. The van der Waals surface area contributed by atoms with Gasteiger partial charge in [-0.3, -0.25) is 0 Å². The molecular weight excluding hydrogens is 305 g/mol. The van der Waals surface area contributed by atoms with Crippen molar-refractivity contribution >= 4 is 22.6 Å². The SMILES string of the molecule is NC1CCC(Oc2ncncc2I)CC1. The van der Waals surface area contributed by atoms with Crippen LogP contribution in [0, 0.1) is 3.57 Å². The lowest BCUT2D eigenvalue weighted by atomic mass is 9.94. The Morgan fingerprint density at radius 2 is 2.07 bits per heavy atom. The van der Waals surface area contributed by atoms with Gasteiger partial charge in [0, 0.05) is 12.2 Å². The minimum Gasteiger partial charge on any atom is -0.474 e. The van der Waals surface area contributed by atoms with Gasteiger partial charge in [0.1, 0.15) is 12.4 Å². The van der Waals surface area contributed by atoms with Gasteiger partial charge < -0.3 is 10.5 Å². The van der Waals surface area contributed by atoms with Crippen LogP contribution in [0.3, 0.4) is 0 Å². The molecule has 1 fully saturated rings. The molecule has 0 spiro atoms. The summed E-state index contributed by atoms with van der Waals surface area (Å²) in [6.45, 7) is 0. The molecular formula is C10H14IN3O. The Balaban J connectivity index is 1.95. The van der Waals surface area contributed by atoms with Crippen molar-refractivity contribution in [1.82, 2.24) is 9.97 Å². The molecule has 1 aromatic rings. The summed E-state index contributed by atoms with van der Waals surface area (Å²) in [4.78, 5) is 8.05. The molecule has 1 saturated carbocycles. The smallest absolute Gasteiger partial charge is 0.230 e. The first-order chi connectivity index (χ1) is 7.25. The second-order valence-electron chi connectivity index (χ2n) is 3.83. The van der Waals surface area contributed by atoms with Crippen LogP contribution in [0.15, 0.2) is 12.5 Å². The highest BCUT2D eigenvalue weighted by Crippen LogP contribution is 2.24. The molecule has 1 aliphatic rings. The lowest BCUT2D eigenvalue weighted by Gasteiger charge is -2.26. The van der Waals surface area contributed by atoms with Crippen LogP contribution < -0.4 is 10.5 Å². The number of halogens is 1. The van der Waals surface area contributed by atoms with Crippen molar-refractivity contribution in [1.29, 1.82) is 0 Å². The zero-order valence-corrected chi connectivity index (χ0v) is 10.6. The fourth-order valence-corrected chi connectivity index (χ4v) is 2.18. The molecule has 2 rings (SSSR count). The number of hydrogen-bond acceptors (Lipinski definition) is 4. The van der Waals surface area contributed by atoms with Gasteiger partial charge in [0.05, 0.1) is 3.57 Å². The van der Waals surface area contributed by atoms with Gasteiger partial charge in [-0.25, -0.2) is 9.97 Å². The van der Waals surface area contributed by atoms with E-state index in [0.717, 1.165) is 29.3 Å². The molecule has 1 aromatic heterocycles. The summed E-state index contributed by atoms with van der Waals surface area (Å²) in [7, 11) is 0. The van der Waals surface area contributed by atoms with Crippen LogP contribution in [0.5, 0.6) is 5.88 Å². The van der Waals surface area contributed by atoms with E-state index in [1.165, 1.54) is 6.33 Å². The summed E-state index contributed by atoms with van der Waals surface area (Å²) in [5.74, 6) is 0.700. The first-order valence-corrected chi connectivity index (χ1v) is 6.21. The van der Waals surface area contributed by atoms with E-state index in [1.807, 2.05) is 0 Å². The Kier molecular flexibility index (Phi) is 3.74. The fourth-order valence-electron chi connectivity index (χ4n) is 1.75. The average molecular weight is 319 g/mol. The van der Waals surface area contributed by atoms with Gasteiger partial charge in [-0.1, -0.05) is 0 Å². The molecule has 0 unspecified atom stereocenters. The average Bonchev–Trinajstić information content (AvgIpc) is 2.25. The third-order valence-corrected chi connectivity index (χ3v) is 3.37. The molecule has 15 heavy (non-hydrogen) atoms. The Morgan fingerprint density at radius 3 is 2.73 bits per heavy atom. The topological polar surface area (TPSA) is 61.0 Å². The van der Waals surface area contributed by atoms with Crippen molar-refractivity contribution in [2.45, 2.75) is 37.8 Å². The highest BCUT2D eigenvalue weighted by Gasteiger charge is 2.20. The number of nitrogens with zero attached hydrogens (tertiary/aromatic N) is 2. The van der Waals surface area contributed by atoms with Crippen LogP contribution >= 0.6 is 22.6 Å². The van der Waals surface area contributed by atoms with Crippen LogP contribution in [0.4, 0.5) is 0 Å². The zero-order chi connectivity index (χ0) is 10.7. The third-order valence-electron chi connectivity index (χ3n) is 2.63. The number of hydrogen-bond donors (Lipinski definition) is 1. The maximum absolute atomic E-state index is 5.84. The summed E-state index contributed by atoms with van der Waals surface area (Å²) in [5, 5.41) is 0. The van der Waals surface area contributed by atoms with Crippen molar-refractivity contribution in [3.63, 3.8) is 0 Å². The lowest BCUT2D eigenvalue weighted by Crippen LogP contribution is -2.32. The normalized spacial score (nSPS) is 26.3. The van der Waals surface area contributed by atoms with Crippen molar-refractivity contribution in [2.24, 2.45) is 5.73 Å². The minimum absolute atomic E-state index is 0.271. The van der Waals surface area contributed by atoms with Gasteiger partial charge in [-0.05, 0) is 48.3 Å². The first-order valence-electron chi connectivity index (χ1n) is 5.13. The van der Waals surface area contributed by atoms with Crippen LogP contribution in [0.2, 0.25) is 0 Å². The Morgan fingerprint density at radius 1 is 1.33 bits per heavy atom. The summed E-state index contributed by atoms with van der Waals surface area (Å²) in [5.41, 5.74) is 5.84. The van der Waals surface area contributed by atoms with E-state index in [-0.39, 0.29) is 6.10 Å². The predicted octanol–water partition coefficient (Wildman–Crippen LogP) is 1.73. The molecule has 0 aliphatic heterocycles.